The number of anilines is 1. The molecule has 0 aromatic heterocycles. The lowest BCUT2D eigenvalue weighted by molar-refractivity contribution is -0.117. The van der Waals surface area contributed by atoms with E-state index in [0.29, 0.717) is 6.54 Å². The Labute approximate surface area is 230 Å². The van der Waals surface area contributed by atoms with E-state index in [-0.39, 0.29) is 5.91 Å². The second-order valence-electron chi connectivity index (χ2n) is 9.46. The van der Waals surface area contributed by atoms with Crippen LogP contribution in [-0.4, -0.2) is 49.2 Å². The molecule has 2 N–H and O–H groups in total. The largest absolute Gasteiger partial charge is 0.384 e. The van der Waals surface area contributed by atoms with Gasteiger partial charge < -0.3 is 15.5 Å². The van der Waals surface area contributed by atoms with Crippen LogP contribution >= 0.6 is 23.4 Å². The number of allylic oxidation sites excluding steroid dienone is 2. The molecule has 7 heteroatoms. The number of thioether (sulfide) groups is 1. The highest BCUT2D eigenvalue weighted by molar-refractivity contribution is 8.03. The summed E-state index contributed by atoms with van der Waals surface area (Å²) in [5.74, 6) is 0.0225. The Morgan fingerprint density at radius 1 is 1.11 bits per heavy atom. The van der Waals surface area contributed by atoms with E-state index in [0.717, 1.165) is 79.6 Å². The first-order chi connectivity index (χ1) is 18.0. The van der Waals surface area contributed by atoms with Gasteiger partial charge in [0.1, 0.15) is 0 Å². The van der Waals surface area contributed by atoms with E-state index in [1.165, 1.54) is 20.9 Å². The number of likely N-dealkylation sites (N-methyl/N-ethyl adjacent to an activating group) is 1. The molecule has 0 unspecified atom stereocenters. The van der Waals surface area contributed by atoms with E-state index in [1.807, 2.05) is 24.3 Å². The van der Waals surface area contributed by atoms with Gasteiger partial charge in [-0.15, -0.1) is 0 Å². The first-order valence-electron chi connectivity index (χ1n) is 13.3. The van der Waals surface area contributed by atoms with Gasteiger partial charge >= 0.3 is 0 Å². The summed E-state index contributed by atoms with van der Waals surface area (Å²) < 4.78 is 0. The molecular weight excluding hydrogens is 500 g/mol. The monoisotopic (exact) mass is 536 g/mol. The Hall–Kier alpha value is -2.54. The van der Waals surface area contributed by atoms with Gasteiger partial charge in [-0.3, -0.25) is 9.79 Å². The molecule has 0 saturated carbocycles. The number of carbonyl (C=O) groups excluding carboxylic acids is 1. The van der Waals surface area contributed by atoms with Crippen molar-refractivity contribution in [3.8, 4) is 0 Å². The minimum Gasteiger partial charge on any atom is -0.384 e. The Morgan fingerprint density at radius 3 is 2.73 bits per heavy atom. The molecule has 0 spiro atoms. The van der Waals surface area contributed by atoms with Crippen molar-refractivity contribution in [3.63, 3.8) is 0 Å². The van der Waals surface area contributed by atoms with Gasteiger partial charge in [-0.1, -0.05) is 67.9 Å². The van der Waals surface area contributed by atoms with Gasteiger partial charge in [0.05, 0.1) is 5.70 Å². The summed E-state index contributed by atoms with van der Waals surface area (Å²) in [6.07, 6.45) is 5.59. The lowest BCUT2D eigenvalue weighted by Gasteiger charge is -2.22. The van der Waals surface area contributed by atoms with Gasteiger partial charge in [-0.25, -0.2) is 0 Å². The summed E-state index contributed by atoms with van der Waals surface area (Å²) in [6.45, 7) is 10.5. The number of aryl methyl sites for hydroxylation is 1. The molecule has 0 fully saturated rings. The van der Waals surface area contributed by atoms with Gasteiger partial charge in [-0.2, -0.15) is 0 Å². The maximum Gasteiger partial charge on any atom is 0.247 e. The highest BCUT2D eigenvalue weighted by Crippen LogP contribution is 2.41. The molecule has 1 aliphatic heterocycles. The van der Waals surface area contributed by atoms with Crippen LogP contribution in [0.15, 0.2) is 74.6 Å². The molecule has 1 aliphatic carbocycles. The fraction of sp³-hybridized carbons (Fsp3) is 0.400. The summed E-state index contributed by atoms with van der Waals surface area (Å²) in [7, 11) is 0. The molecule has 0 atom stereocenters. The smallest absolute Gasteiger partial charge is 0.247 e. The second-order valence-corrected chi connectivity index (χ2v) is 11.0. The summed E-state index contributed by atoms with van der Waals surface area (Å²) in [5, 5.41) is 7.36. The number of benzene rings is 2. The molecule has 1 heterocycles. The fourth-order valence-electron chi connectivity index (χ4n) is 4.63. The molecule has 1 amide bonds. The Morgan fingerprint density at radius 2 is 1.92 bits per heavy atom. The zero-order valence-electron chi connectivity index (χ0n) is 22.1. The first-order valence-corrected chi connectivity index (χ1v) is 14.5. The van der Waals surface area contributed by atoms with Crippen LogP contribution in [0.5, 0.6) is 0 Å². The molecule has 0 bridgehead atoms. The molecule has 0 radical (unpaired) electrons. The van der Waals surface area contributed by atoms with Gasteiger partial charge in [-0.05, 0) is 62.6 Å². The van der Waals surface area contributed by atoms with Crippen molar-refractivity contribution in [2.75, 3.05) is 38.0 Å². The molecule has 0 saturated heterocycles. The standard InChI is InChI=1S/C30H37ClN4OS/c1-4-8-25-24-9-6-7-10-28(24)37-29-14-12-22(19-27(29)34-25)30(36)33-16-18-35(5-2)17-15-32-26-20-23(31)13-11-21(26)3/h6-7,9-11,13,19-20,32H,4-5,8,12,14-18H2,1-3H3,(H,33,36). The molecular formula is C30H37ClN4OS. The number of carbonyl (C=O) groups is 1. The van der Waals surface area contributed by atoms with Crippen molar-refractivity contribution in [1.82, 2.24) is 10.2 Å². The molecule has 2 aromatic rings. The van der Waals surface area contributed by atoms with Crippen LogP contribution < -0.4 is 10.6 Å². The van der Waals surface area contributed by atoms with E-state index in [1.54, 1.807) is 11.8 Å². The zero-order chi connectivity index (χ0) is 26.2. The average Bonchev–Trinajstić information content (AvgIpc) is 3.05. The molecule has 37 heavy (non-hydrogen) atoms. The molecule has 196 valence electrons. The van der Waals surface area contributed by atoms with E-state index < -0.39 is 0 Å². The Kier molecular flexibility index (Phi) is 9.89. The minimum absolute atomic E-state index is 0.0225. The highest BCUT2D eigenvalue weighted by atomic mass is 35.5. The predicted molar refractivity (Wildman–Crippen MR) is 158 cm³/mol. The molecule has 2 aromatic carbocycles. The number of aliphatic imine (C=N–C) groups is 1. The van der Waals surface area contributed by atoms with Gasteiger partial charge in [0, 0.05) is 63.5 Å². The summed E-state index contributed by atoms with van der Waals surface area (Å²) >= 11 is 7.94. The zero-order valence-corrected chi connectivity index (χ0v) is 23.6. The van der Waals surface area contributed by atoms with Gasteiger partial charge in [0.2, 0.25) is 5.91 Å². The fourth-order valence-corrected chi connectivity index (χ4v) is 5.93. The van der Waals surface area contributed by atoms with Crippen molar-refractivity contribution in [2.45, 2.75) is 51.3 Å². The SMILES string of the molecule is CCCC1=NC2=C(CCC(C(=O)NCCN(CC)CCNc3cc(Cl)ccc3C)=C2)Sc2ccccc21. The number of hydrogen-bond acceptors (Lipinski definition) is 5. The third-order valence-corrected chi connectivity index (χ3v) is 8.26. The quantitative estimate of drug-likeness (QED) is 0.330. The van der Waals surface area contributed by atoms with Crippen LogP contribution in [0, 0.1) is 6.92 Å². The number of fused-ring (bicyclic) bond motifs is 1. The number of amides is 1. The first kappa shape index (κ1) is 27.5. The van der Waals surface area contributed by atoms with Crippen molar-refractivity contribution < 1.29 is 4.79 Å². The molecule has 5 nitrogen and oxygen atoms in total. The highest BCUT2D eigenvalue weighted by Gasteiger charge is 2.23. The lowest BCUT2D eigenvalue weighted by Crippen LogP contribution is -2.37. The van der Waals surface area contributed by atoms with Crippen molar-refractivity contribution in [2.24, 2.45) is 4.99 Å². The second kappa shape index (κ2) is 13.3. The van der Waals surface area contributed by atoms with E-state index >= 15 is 0 Å². The van der Waals surface area contributed by atoms with Crippen molar-refractivity contribution >= 4 is 40.7 Å². The molecule has 2 aliphatic rings. The number of hydrogen-bond donors (Lipinski definition) is 2. The van der Waals surface area contributed by atoms with Crippen molar-refractivity contribution in [3.05, 3.63) is 80.9 Å². The third kappa shape index (κ3) is 7.28. The Balaban J connectivity index is 1.32. The number of halogens is 1. The lowest BCUT2D eigenvalue weighted by atomic mass is 10.0. The number of nitrogens with zero attached hydrogens (tertiary/aromatic N) is 2. The van der Waals surface area contributed by atoms with E-state index in [2.05, 4.69) is 60.6 Å². The summed E-state index contributed by atoms with van der Waals surface area (Å²) in [4.78, 5) is 22.9. The Bertz CT molecular complexity index is 1220. The van der Waals surface area contributed by atoms with Crippen LogP contribution in [0.1, 0.15) is 50.7 Å². The normalized spacial score (nSPS) is 14.9. The van der Waals surface area contributed by atoms with Gasteiger partial charge in [0.25, 0.3) is 0 Å². The predicted octanol–water partition coefficient (Wildman–Crippen LogP) is 6.83. The van der Waals surface area contributed by atoms with Crippen LogP contribution in [0.3, 0.4) is 0 Å². The molecule has 4 rings (SSSR count). The van der Waals surface area contributed by atoms with Crippen LogP contribution in [0.4, 0.5) is 5.69 Å². The van der Waals surface area contributed by atoms with Crippen molar-refractivity contribution in [1.29, 1.82) is 0 Å². The topological polar surface area (TPSA) is 56.7 Å². The number of rotatable bonds is 11. The maximum atomic E-state index is 13.0. The van der Waals surface area contributed by atoms with Crippen LogP contribution in [-0.2, 0) is 4.79 Å². The number of nitrogens with one attached hydrogen (secondary N) is 2. The minimum atomic E-state index is 0.0225. The maximum absolute atomic E-state index is 13.0. The summed E-state index contributed by atoms with van der Waals surface area (Å²) in [5.41, 5.74) is 6.38. The van der Waals surface area contributed by atoms with Crippen LogP contribution in [0.25, 0.3) is 0 Å². The third-order valence-electron chi connectivity index (χ3n) is 6.79. The van der Waals surface area contributed by atoms with E-state index in [9.17, 15) is 4.79 Å². The van der Waals surface area contributed by atoms with Crippen LogP contribution in [0.2, 0.25) is 5.02 Å². The summed E-state index contributed by atoms with van der Waals surface area (Å²) in [6, 6.07) is 14.4. The van der Waals surface area contributed by atoms with Gasteiger partial charge in [0.15, 0.2) is 0 Å². The van der Waals surface area contributed by atoms with E-state index in [4.69, 9.17) is 16.6 Å². The average molecular weight is 537 g/mol.